The third-order valence-corrected chi connectivity index (χ3v) is 3.21. The van der Waals surface area contributed by atoms with Gasteiger partial charge in [-0.3, -0.25) is 0 Å². The van der Waals surface area contributed by atoms with Gasteiger partial charge in [0.2, 0.25) is 6.29 Å². The summed E-state index contributed by atoms with van der Waals surface area (Å²) >= 11 is 0. The molecule has 1 fully saturated rings. The summed E-state index contributed by atoms with van der Waals surface area (Å²) in [7, 11) is 0. The summed E-state index contributed by atoms with van der Waals surface area (Å²) in [5, 5.41) is 47.0. The van der Waals surface area contributed by atoms with Crippen LogP contribution >= 0.6 is 0 Å². The molecule has 0 bridgehead atoms. The zero-order valence-corrected chi connectivity index (χ0v) is 10.7. The summed E-state index contributed by atoms with van der Waals surface area (Å²) in [5.74, 6) is 0.367. The fourth-order valence-electron chi connectivity index (χ4n) is 1.97. The van der Waals surface area contributed by atoms with Crippen molar-refractivity contribution >= 4 is 0 Å². The van der Waals surface area contributed by atoms with Crippen molar-refractivity contribution in [3.05, 3.63) is 29.8 Å². The molecule has 20 heavy (non-hydrogen) atoms. The fourth-order valence-corrected chi connectivity index (χ4v) is 1.97. The van der Waals surface area contributed by atoms with E-state index in [1.807, 2.05) is 0 Å². The molecule has 1 saturated heterocycles. The molecule has 0 saturated carbocycles. The van der Waals surface area contributed by atoms with Gasteiger partial charge in [0.25, 0.3) is 0 Å². The van der Waals surface area contributed by atoms with Crippen LogP contribution < -0.4 is 4.74 Å². The van der Waals surface area contributed by atoms with Crippen LogP contribution in [0.5, 0.6) is 5.75 Å². The number of aliphatic hydroxyl groups is 5. The van der Waals surface area contributed by atoms with E-state index in [4.69, 9.17) is 19.7 Å². The highest BCUT2D eigenvalue weighted by Crippen LogP contribution is 2.24. The van der Waals surface area contributed by atoms with Crippen LogP contribution in [0.15, 0.2) is 24.3 Å². The van der Waals surface area contributed by atoms with Crippen LogP contribution in [-0.2, 0) is 11.3 Å². The average molecular weight is 286 g/mol. The summed E-state index contributed by atoms with van der Waals surface area (Å²) in [5.41, 5.74) is 0.700. The van der Waals surface area contributed by atoms with E-state index < -0.39 is 37.3 Å². The molecular formula is C13H18O7. The molecule has 112 valence electrons. The van der Waals surface area contributed by atoms with Gasteiger partial charge >= 0.3 is 0 Å². The zero-order valence-electron chi connectivity index (χ0n) is 10.7. The molecule has 5 atom stereocenters. The smallest absolute Gasteiger partial charge is 0.229 e. The van der Waals surface area contributed by atoms with Gasteiger partial charge in [-0.1, -0.05) is 12.1 Å². The molecule has 7 heteroatoms. The molecule has 0 amide bonds. The van der Waals surface area contributed by atoms with Crippen molar-refractivity contribution in [3.8, 4) is 5.75 Å². The van der Waals surface area contributed by atoms with E-state index in [0.29, 0.717) is 11.3 Å². The number of hydrogen-bond acceptors (Lipinski definition) is 7. The number of rotatable bonds is 4. The van der Waals surface area contributed by atoms with E-state index in [9.17, 15) is 15.3 Å². The van der Waals surface area contributed by atoms with Gasteiger partial charge in [-0.25, -0.2) is 0 Å². The van der Waals surface area contributed by atoms with Crippen LogP contribution in [0.3, 0.4) is 0 Å². The molecule has 0 aliphatic carbocycles. The van der Waals surface area contributed by atoms with Gasteiger partial charge in [0.1, 0.15) is 30.2 Å². The average Bonchev–Trinajstić information content (AvgIpc) is 2.48. The first kappa shape index (κ1) is 15.2. The Kier molecular flexibility index (Phi) is 4.92. The topological polar surface area (TPSA) is 120 Å². The largest absolute Gasteiger partial charge is 0.462 e. The Morgan fingerprint density at radius 2 is 1.60 bits per heavy atom. The highest BCUT2D eigenvalue weighted by Gasteiger charge is 2.44. The van der Waals surface area contributed by atoms with Crippen molar-refractivity contribution in [2.75, 3.05) is 6.61 Å². The first-order valence-corrected chi connectivity index (χ1v) is 6.23. The third-order valence-electron chi connectivity index (χ3n) is 3.21. The predicted molar refractivity (Wildman–Crippen MR) is 66.8 cm³/mol. The maximum absolute atomic E-state index is 9.80. The summed E-state index contributed by atoms with van der Waals surface area (Å²) in [6, 6.07) is 6.43. The van der Waals surface area contributed by atoms with Crippen molar-refractivity contribution in [2.45, 2.75) is 37.3 Å². The van der Waals surface area contributed by atoms with E-state index in [-0.39, 0.29) is 6.61 Å². The van der Waals surface area contributed by atoms with E-state index in [1.165, 1.54) is 0 Å². The standard InChI is InChI=1S/C13H18O7/c14-5-7-1-3-8(4-2-7)19-13-12(18)11(17)10(16)9(6-15)20-13/h1-4,9-18H,5-6H2/t9-,10-,11+,12+,13+/m1/s1. The number of hydrogen-bond donors (Lipinski definition) is 5. The predicted octanol–water partition coefficient (Wildman–Crippen LogP) is -1.64. The molecule has 0 spiro atoms. The molecule has 0 unspecified atom stereocenters. The Balaban J connectivity index is 2.06. The normalized spacial score (nSPS) is 34.0. The van der Waals surface area contributed by atoms with E-state index in [2.05, 4.69) is 0 Å². The minimum Gasteiger partial charge on any atom is -0.462 e. The second-order valence-electron chi connectivity index (χ2n) is 4.62. The quantitative estimate of drug-likeness (QED) is 0.450. The van der Waals surface area contributed by atoms with Crippen LogP contribution in [0.25, 0.3) is 0 Å². The summed E-state index contributed by atoms with van der Waals surface area (Å²) in [6.45, 7) is -0.603. The number of aliphatic hydroxyl groups excluding tert-OH is 5. The third kappa shape index (κ3) is 3.09. The van der Waals surface area contributed by atoms with Crippen LogP contribution in [-0.4, -0.2) is 62.8 Å². The Hall–Kier alpha value is -1.22. The molecule has 1 heterocycles. The van der Waals surface area contributed by atoms with E-state index in [1.54, 1.807) is 24.3 Å². The van der Waals surface area contributed by atoms with Gasteiger partial charge in [-0.15, -0.1) is 0 Å². The molecule has 0 aromatic heterocycles. The highest BCUT2D eigenvalue weighted by molar-refractivity contribution is 5.27. The van der Waals surface area contributed by atoms with Gasteiger partial charge in [-0.2, -0.15) is 0 Å². The van der Waals surface area contributed by atoms with Crippen molar-refractivity contribution in [2.24, 2.45) is 0 Å². The number of ether oxygens (including phenoxy) is 2. The number of benzene rings is 1. The molecule has 2 rings (SSSR count). The summed E-state index contributed by atoms with van der Waals surface area (Å²) in [4.78, 5) is 0. The van der Waals surface area contributed by atoms with Crippen molar-refractivity contribution < 1.29 is 35.0 Å². The molecule has 1 aliphatic rings. The van der Waals surface area contributed by atoms with Gasteiger partial charge in [0.15, 0.2) is 0 Å². The maximum atomic E-state index is 9.80. The fraction of sp³-hybridized carbons (Fsp3) is 0.538. The van der Waals surface area contributed by atoms with Crippen molar-refractivity contribution in [1.29, 1.82) is 0 Å². The minimum atomic E-state index is -1.47. The SMILES string of the molecule is OCc1ccc(O[C@H]2O[C@H](CO)[C@@H](O)[C@H](O)[C@@H]2O)cc1. The van der Waals surface area contributed by atoms with Crippen LogP contribution in [0.4, 0.5) is 0 Å². The van der Waals surface area contributed by atoms with E-state index in [0.717, 1.165) is 0 Å². The Bertz CT molecular complexity index is 419. The summed E-state index contributed by atoms with van der Waals surface area (Å²) in [6.07, 6.45) is -6.53. The van der Waals surface area contributed by atoms with Crippen molar-refractivity contribution in [1.82, 2.24) is 0 Å². The van der Waals surface area contributed by atoms with Gasteiger partial charge in [-0.05, 0) is 17.7 Å². The van der Waals surface area contributed by atoms with Crippen LogP contribution in [0.2, 0.25) is 0 Å². The molecule has 1 aromatic carbocycles. The maximum Gasteiger partial charge on any atom is 0.229 e. The van der Waals surface area contributed by atoms with E-state index >= 15 is 0 Å². The van der Waals surface area contributed by atoms with Gasteiger partial charge in [0.05, 0.1) is 13.2 Å². The lowest BCUT2D eigenvalue weighted by Crippen LogP contribution is -2.60. The molecule has 7 nitrogen and oxygen atoms in total. The molecular weight excluding hydrogens is 268 g/mol. The summed E-state index contributed by atoms with van der Waals surface area (Å²) < 4.78 is 10.6. The monoisotopic (exact) mass is 286 g/mol. The second kappa shape index (κ2) is 6.49. The molecule has 1 aliphatic heterocycles. The Morgan fingerprint density at radius 1 is 0.950 bits per heavy atom. The van der Waals surface area contributed by atoms with Crippen molar-refractivity contribution in [3.63, 3.8) is 0 Å². The Labute approximate surface area is 115 Å². The lowest BCUT2D eigenvalue weighted by Gasteiger charge is -2.39. The first-order chi connectivity index (χ1) is 9.56. The Morgan fingerprint density at radius 3 is 2.15 bits per heavy atom. The highest BCUT2D eigenvalue weighted by atomic mass is 16.7. The molecule has 0 radical (unpaired) electrons. The van der Waals surface area contributed by atoms with Crippen LogP contribution in [0.1, 0.15) is 5.56 Å². The minimum absolute atomic E-state index is 0.0969. The lowest BCUT2D eigenvalue weighted by atomic mass is 9.99. The second-order valence-corrected chi connectivity index (χ2v) is 4.62. The van der Waals surface area contributed by atoms with Crippen LogP contribution in [0, 0.1) is 0 Å². The van der Waals surface area contributed by atoms with Gasteiger partial charge < -0.3 is 35.0 Å². The molecule has 1 aromatic rings. The first-order valence-electron chi connectivity index (χ1n) is 6.23. The zero-order chi connectivity index (χ0) is 14.7. The lowest BCUT2D eigenvalue weighted by molar-refractivity contribution is -0.277. The molecule has 5 N–H and O–H groups in total. The van der Waals surface area contributed by atoms with Gasteiger partial charge in [0, 0.05) is 0 Å².